The number of Topliss-reactive ketones (excluding diaryl/α,β-unsaturated/α-hetero) is 1. The van der Waals surface area contributed by atoms with E-state index < -0.39 is 0 Å². The summed E-state index contributed by atoms with van der Waals surface area (Å²) in [5.74, 6) is -0.146. The van der Waals surface area contributed by atoms with Crippen molar-refractivity contribution < 1.29 is 4.79 Å². The Hall–Kier alpha value is -1.92. The molecule has 0 saturated heterocycles. The Morgan fingerprint density at radius 2 is 2.07 bits per heavy atom. The monoisotopic (exact) mass is 200 g/mol. The smallest absolute Gasteiger partial charge is 0.176 e. The maximum atomic E-state index is 11.3. The van der Waals surface area contributed by atoms with E-state index in [0.717, 1.165) is 5.56 Å². The van der Waals surface area contributed by atoms with Crippen molar-refractivity contribution in [2.45, 2.75) is 6.42 Å². The van der Waals surface area contributed by atoms with E-state index in [-0.39, 0.29) is 12.2 Å². The maximum absolute atomic E-state index is 11.3. The van der Waals surface area contributed by atoms with Gasteiger partial charge in [-0.3, -0.25) is 4.79 Å². The first kappa shape index (κ1) is 11.2. The van der Waals surface area contributed by atoms with E-state index in [2.05, 4.69) is 0 Å². The van der Waals surface area contributed by atoms with Gasteiger partial charge in [0.05, 0.1) is 12.5 Å². The molecule has 0 amide bonds. The Bertz CT molecular complexity index is 399. The van der Waals surface area contributed by atoms with Gasteiger partial charge in [-0.25, -0.2) is 0 Å². The van der Waals surface area contributed by atoms with Gasteiger partial charge in [-0.2, -0.15) is 5.26 Å². The van der Waals surface area contributed by atoms with E-state index in [1.165, 1.54) is 0 Å². The van der Waals surface area contributed by atoms with Gasteiger partial charge >= 0.3 is 0 Å². The van der Waals surface area contributed by atoms with Crippen LogP contribution in [-0.4, -0.2) is 12.3 Å². The van der Waals surface area contributed by atoms with Gasteiger partial charge in [0, 0.05) is 12.1 Å². The molecule has 15 heavy (non-hydrogen) atoms. The molecule has 0 aliphatic heterocycles. The van der Waals surface area contributed by atoms with Gasteiger partial charge in [0.25, 0.3) is 0 Å². The Kier molecular flexibility index (Phi) is 4.27. The minimum atomic E-state index is -0.146. The molecule has 0 atom stereocenters. The second-order valence-electron chi connectivity index (χ2n) is 3.02. The minimum absolute atomic E-state index is 0.0714. The van der Waals surface area contributed by atoms with Gasteiger partial charge in [-0.15, -0.1) is 0 Å². The van der Waals surface area contributed by atoms with Gasteiger partial charge in [0.2, 0.25) is 0 Å². The second-order valence-corrected chi connectivity index (χ2v) is 3.02. The standard InChI is InChI=1S/C12H12N2O/c13-8-1-2-10-3-5-11(6-4-10)12(15)7-9-14/h1-6H,7-8,13H2. The van der Waals surface area contributed by atoms with Crippen LogP contribution >= 0.6 is 0 Å². The topological polar surface area (TPSA) is 66.9 Å². The van der Waals surface area contributed by atoms with Crippen LogP contribution in [0, 0.1) is 11.3 Å². The number of nitrogens with two attached hydrogens (primary N) is 1. The van der Waals surface area contributed by atoms with Gasteiger partial charge in [0.15, 0.2) is 5.78 Å². The first-order valence-electron chi connectivity index (χ1n) is 4.64. The number of benzene rings is 1. The van der Waals surface area contributed by atoms with Crippen molar-refractivity contribution in [3.63, 3.8) is 0 Å². The lowest BCUT2D eigenvalue weighted by molar-refractivity contribution is 0.0998. The Balaban J connectivity index is 2.77. The number of nitrogens with zero attached hydrogens (tertiary/aromatic N) is 1. The van der Waals surface area contributed by atoms with Crippen LogP contribution in [0.2, 0.25) is 0 Å². The first-order valence-corrected chi connectivity index (χ1v) is 4.64. The Morgan fingerprint density at radius 3 is 2.60 bits per heavy atom. The summed E-state index contributed by atoms with van der Waals surface area (Å²) in [6.07, 6.45) is 3.66. The van der Waals surface area contributed by atoms with E-state index >= 15 is 0 Å². The quantitative estimate of drug-likeness (QED) is 0.753. The molecule has 0 spiro atoms. The fraction of sp³-hybridized carbons (Fsp3) is 0.167. The molecule has 0 radical (unpaired) electrons. The number of ketones is 1. The molecular weight excluding hydrogens is 188 g/mol. The molecule has 3 nitrogen and oxygen atoms in total. The average molecular weight is 200 g/mol. The molecule has 0 aliphatic rings. The third kappa shape index (κ3) is 3.37. The highest BCUT2D eigenvalue weighted by atomic mass is 16.1. The van der Waals surface area contributed by atoms with E-state index in [4.69, 9.17) is 11.0 Å². The van der Waals surface area contributed by atoms with E-state index in [9.17, 15) is 4.79 Å². The molecule has 0 aromatic heterocycles. The van der Waals surface area contributed by atoms with E-state index in [1.54, 1.807) is 12.1 Å². The number of hydrogen-bond acceptors (Lipinski definition) is 3. The van der Waals surface area contributed by atoms with Crippen LogP contribution in [0.25, 0.3) is 6.08 Å². The predicted molar refractivity (Wildman–Crippen MR) is 59.1 cm³/mol. The van der Waals surface area contributed by atoms with Crippen LogP contribution in [0.3, 0.4) is 0 Å². The Morgan fingerprint density at radius 1 is 1.40 bits per heavy atom. The van der Waals surface area contributed by atoms with Crippen LogP contribution in [0.15, 0.2) is 30.3 Å². The SMILES string of the molecule is N#CCC(=O)c1ccc(C=CCN)cc1. The molecular formula is C12H12N2O. The summed E-state index contributed by atoms with van der Waals surface area (Å²) in [5, 5.41) is 8.37. The van der Waals surface area contributed by atoms with Crippen molar-refractivity contribution in [2.24, 2.45) is 5.73 Å². The van der Waals surface area contributed by atoms with Crippen molar-refractivity contribution in [1.29, 1.82) is 5.26 Å². The molecule has 0 saturated carbocycles. The molecule has 0 heterocycles. The average Bonchev–Trinajstić information content (AvgIpc) is 2.27. The van der Waals surface area contributed by atoms with E-state index in [0.29, 0.717) is 12.1 Å². The first-order chi connectivity index (χ1) is 7.27. The molecule has 1 aromatic carbocycles. The summed E-state index contributed by atoms with van der Waals surface area (Å²) >= 11 is 0. The van der Waals surface area contributed by atoms with Crippen LogP contribution in [0.4, 0.5) is 0 Å². The maximum Gasteiger partial charge on any atom is 0.176 e. The summed E-state index contributed by atoms with van der Waals surface area (Å²) in [6.45, 7) is 0.495. The van der Waals surface area contributed by atoms with Crippen LogP contribution in [-0.2, 0) is 0 Å². The number of carbonyl (C=O) groups excluding carboxylic acids is 1. The molecule has 0 bridgehead atoms. The van der Waals surface area contributed by atoms with Crippen molar-refractivity contribution in [3.8, 4) is 6.07 Å². The molecule has 1 rings (SSSR count). The summed E-state index contributed by atoms with van der Waals surface area (Å²) in [5.41, 5.74) is 6.88. The summed E-state index contributed by atoms with van der Waals surface area (Å²) in [7, 11) is 0. The number of carbonyl (C=O) groups is 1. The Labute approximate surface area is 88.8 Å². The van der Waals surface area contributed by atoms with Gasteiger partial charge in [-0.1, -0.05) is 36.4 Å². The van der Waals surface area contributed by atoms with Crippen LogP contribution in [0.1, 0.15) is 22.3 Å². The summed E-state index contributed by atoms with van der Waals surface area (Å²) < 4.78 is 0. The summed E-state index contributed by atoms with van der Waals surface area (Å²) in [4.78, 5) is 11.3. The van der Waals surface area contributed by atoms with Crippen molar-refractivity contribution in [1.82, 2.24) is 0 Å². The number of hydrogen-bond donors (Lipinski definition) is 1. The van der Waals surface area contributed by atoms with Crippen LogP contribution < -0.4 is 5.73 Å². The van der Waals surface area contributed by atoms with Crippen molar-refractivity contribution in [3.05, 3.63) is 41.5 Å². The lowest BCUT2D eigenvalue weighted by Gasteiger charge is -1.97. The molecule has 0 unspecified atom stereocenters. The van der Waals surface area contributed by atoms with E-state index in [1.807, 2.05) is 30.4 Å². The third-order valence-corrected chi connectivity index (χ3v) is 1.92. The highest BCUT2D eigenvalue weighted by Crippen LogP contribution is 2.08. The second kappa shape index (κ2) is 5.74. The van der Waals surface area contributed by atoms with Gasteiger partial charge in [0.1, 0.15) is 0 Å². The summed E-state index contributed by atoms with van der Waals surface area (Å²) in [6, 6.07) is 8.93. The molecule has 1 aromatic rings. The van der Waals surface area contributed by atoms with Gasteiger partial charge in [-0.05, 0) is 5.56 Å². The molecule has 2 N–H and O–H groups in total. The van der Waals surface area contributed by atoms with Crippen molar-refractivity contribution >= 4 is 11.9 Å². The minimum Gasteiger partial charge on any atom is -0.327 e. The fourth-order valence-electron chi connectivity index (χ4n) is 1.16. The van der Waals surface area contributed by atoms with Crippen molar-refractivity contribution in [2.75, 3.05) is 6.54 Å². The number of nitriles is 1. The predicted octanol–water partition coefficient (Wildman–Crippen LogP) is 1.75. The van der Waals surface area contributed by atoms with Crippen LogP contribution in [0.5, 0.6) is 0 Å². The number of rotatable bonds is 4. The molecule has 76 valence electrons. The zero-order valence-corrected chi connectivity index (χ0v) is 8.31. The van der Waals surface area contributed by atoms with Gasteiger partial charge < -0.3 is 5.73 Å². The lowest BCUT2D eigenvalue weighted by Crippen LogP contribution is -1.96. The third-order valence-electron chi connectivity index (χ3n) is 1.92. The zero-order valence-electron chi connectivity index (χ0n) is 8.31. The zero-order chi connectivity index (χ0) is 11.1. The molecule has 0 fully saturated rings. The highest BCUT2D eigenvalue weighted by molar-refractivity contribution is 5.97. The largest absolute Gasteiger partial charge is 0.327 e. The normalized spacial score (nSPS) is 10.1. The lowest BCUT2D eigenvalue weighted by atomic mass is 10.1. The molecule has 0 aliphatic carbocycles. The highest BCUT2D eigenvalue weighted by Gasteiger charge is 2.03. The molecule has 3 heteroatoms. The fourth-order valence-corrected chi connectivity index (χ4v) is 1.16.